The molecule has 49 heavy (non-hydrogen) atoms. The minimum absolute atomic E-state index is 0.0712. The fourth-order valence-corrected chi connectivity index (χ4v) is 6.04. The van der Waals surface area contributed by atoms with E-state index in [4.69, 9.17) is 19.3 Å². The molecule has 288 valence electrons. The molecule has 2 N–H and O–H groups in total. The van der Waals surface area contributed by atoms with Crippen LogP contribution in [0, 0.1) is 0 Å². The molecule has 0 aromatic heterocycles. The van der Waals surface area contributed by atoms with Crippen LogP contribution in [0.25, 0.3) is 0 Å². The highest BCUT2D eigenvalue weighted by atomic mass is 31.2. The van der Waals surface area contributed by atoms with E-state index in [1.54, 1.807) is 0 Å². The van der Waals surface area contributed by atoms with Crippen molar-refractivity contribution in [1.29, 1.82) is 0 Å². The van der Waals surface area contributed by atoms with Crippen LogP contribution in [0.1, 0.15) is 194 Å². The molecule has 0 spiro atoms. The van der Waals surface area contributed by atoms with Gasteiger partial charge in [-0.15, -0.1) is 0 Å². The standard InChI is InChI=1S/C41H77O7P/c1-3-5-7-9-11-13-15-17-19-21-22-24-26-28-30-32-34-36-41(42)48-40(39-47-49(43,44)45)38-46-37-35-33-31-29-27-25-23-20-18-16-14-12-10-8-6-4-2/h11,13,17,19,22,24,40H,3-10,12,14-16,18,20-21,23,25-39H2,1-2H3,(H2,43,44,45)/b13-11-,19-17-,24-22-/t40-/m1/s1. The highest BCUT2D eigenvalue weighted by Crippen LogP contribution is 2.36. The van der Waals surface area contributed by atoms with Crippen LogP contribution in [0.4, 0.5) is 0 Å². The maximum Gasteiger partial charge on any atom is 0.469 e. The minimum atomic E-state index is -4.66. The van der Waals surface area contributed by atoms with Crippen molar-refractivity contribution < 1.29 is 33.1 Å². The van der Waals surface area contributed by atoms with Crippen molar-refractivity contribution in [3.8, 4) is 0 Å². The van der Waals surface area contributed by atoms with Crippen LogP contribution < -0.4 is 0 Å². The molecular weight excluding hydrogens is 635 g/mol. The van der Waals surface area contributed by atoms with Gasteiger partial charge >= 0.3 is 13.8 Å². The van der Waals surface area contributed by atoms with Crippen molar-refractivity contribution >= 4 is 13.8 Å². The summed E-state index contributed by atoms with van der Waals surface area (Å²) in [6.45, 7) is 4.72. The Balaban J connectivity index is 3.85. The Morgan fingerprint density at radius 2 is 0.959 bits per heavy atom. The molecule has 0 amide bonds. The number of rotatable bonds is 38. The summed E-state index contributed by atoms with van der Waals surface area (Å²) in [6, 6.07) is 0. The lowest BCUT2D eigenvalue weighted by Gasteiger charge is -2.18. The summed E-state index contributed by atoms with van der Waals surface area (Å²) in [5.41, 5.74) is 0. The number of phosphoric acid groups is 1. The molecule has 0 aromatic rings. The molecule has 0 bridgehead atoms. The molecule has 0 unspecified atom stereocenters. The second-order valence-corrected chi connectivity index (χ2v) is 14.9. The first-order chi connectivity index (χ1) is 23.9. The fraction of sp³-hybridized carbons (Fsp3) is 0.829. The van der Waals surface area contributed by atoms with Crippen molar-refractivity contribution in [2.75, 3.05) is 19.8 Å². The lowest BCUT2D eigenvalue weighted by Crippen LogP contribution is -2.28. The third-order valence-electron chi connectivity index (χ3n) is 8.69. The number of ether oxygens (including phenoxy) is 2. The zero-order valence-electron chi connectivity index (χ0n) is 31.8. The van der Waals surface area contributed by atoms with Crippen LogP contribution in [-0.2, 0) is 23.4 Å². The zero-order chi connectivity index (χ0) is 35.9. The predicted octanol–water partition coefficient (Wildman–Crippen LogP) is 12.7. The highest BCUT2D eigenvalue weighted by Gasteiger charge is 2.21. The SMILES string of the molecule is CCCCC/C=C\C/C=C\C/C=C\CCCCCCC(=O)O[C@H](COCCCCCCCCCCCCCCCCCC)COP(=O)(O)O. The quantitative estimate of drug-likeness (QED) is 0.0284. The van der Waals surface area contributed by atoms with E-state index < -0.39 is 13.9 Å². The Labute approximate surface area is 302 Å². The third kappa shape index (κ3) is 41.1. The topological polar surface area (TPSA) is 102 Å². The average Bonchev–Trinajstić information content (AvgIpc) is 3.07. The van der Waals surface area contributed by atoms with Gasteiger partial charge in [0.2, 0.25) is 0 Å². The third-order valence-corrected chi connectivity index (χ3v) is 9.18. The molecule has 1 atom stereocenters. The van der Waals surface area contributed by atoms with E-state index in [9.17, 15) is 9.36 Å². The van der Waals surface area contributed by atoms with E-state index >= 15 is 0 Å². The number of phosphoric ester groups is 1. The van der Waals surface area contributed by atoms with Crippen LogP contribution >= 0.6 is 7.82 Å². The van der Waals surface area contributed by atoms with Crippen LogP contribution in [0.5, 0.6) is 0 Å². The van der Waals surface area contributed by atoms with Gasteiger partial charge in [-0.2, -0.15) is 0 Å². The van der Waals surface area contributed by atoms with Crippen molar-refractivity contribution in [3.05, 3.63) is 36.5 Å². The summed E-state index contributed by atoms with van der Waals surface area (Å²) in [5.74, 6) is -0.382. The number of unbranched alkanes of at least 4 members (excludes halogenated alkanes) is 22. The van der Waals surface area contributed by atoms with Gasteiger partial charge in [-0.25, -0.2) is 4.57 Å². The van der Waals surface area contributed by atoms with Gasteiger partial charge in [0.1, 0.15) is 6.10 Å². The summed E-state index contributed by atoms with van der Waals surface area (Å²) in [5, 5.41) is 0. The first kappa shape index (κ1) is 47.8. The van der Waals surface area contributed by atoms with Crippen LogP contribution in [0.3, 0.4) is 0 Å². The van der Waals surface area contributed by atoms with Crippen LogP contribution in [0.2, 0.25) is 0 Å². The summed E-state index contributed by atoms with van der Waals surface area (Å²) in [7, 11) is -4.66. The van der Waals surface area contributed by atoms with Gasteiger partial charge in [0, 0.05) is 13.0 Å². The fourth-order valence-electron chi connectivity index (χ4n) is 5.68. The molecule has 0 aromatic carbocycles. The molecule has 0 heterocycles. The summed E-state index contributed by atoms with van der Waals surface area (Å²) in [6.07, 6.45) is 45.6. The molecule has 8 heteroatoms. The van der Waals surface area contributed by atoms with E-state index in [0.717, 1.165) is 57.8 Å². The molecule has 0 radical (unpaired) electrons. The second-order valence-electron chi connectivity index (χ2n) is 13.6. The van der Waals surface area contributed by atoms with E-state index in [2.05, 4.69) is 54.8 Å². The van der Waals surface area contributed by atoms with Crippen molar-refractivity contribution in [2.45, 2.75) is 200 Å². The van der Waals surface area contributed by atoms with Crippen LogP contribution in [-0.4, -0.2) is 41.7 Å². The first-order valence-electron chi connectivity index (χ1n) is 20.3. The summed E-state index contributed by atoms with van der Waals surface area (Å²) >= 11 is 0. The largest absolute Gasteiger partial charge is 0.469 e. The summed E-state index contributed by atoms with van der Waals surface area (Å²) < 4.78 is 27.0. The lowest BCUT2D eigenvalue weighted by molar-refractivity contribution is -0.154. The van der Waals surface area contributed by atoms with E-state index in [0.29, 0.717) is 6.61 Å². The maximum atomic E-state index is 12.4. The van der Waals surface area contributed by atoms with Gasteiger partial charge in [-0.3, -0.25) is 9.32 Å². The average molecular weight is 713 g/mol. The van der Waals surface area contributed by atoms with Crippen molar-refractivity contribution in [1.82, 2.24) is 0 Å². The molecule has 0 fully saturated rings. The smallest absolute Gasteiger partial charge is 0.457 e. The van der Waals surface area contributed by atoms with Gasteiger partial charge in [-0.05, 0) is 51.4 Å². The van der Waals surface area contributed by atoms with Crippen molar-refractivity contribution in [3.63, 3.8) is 0 Å². The Hall–Kier alpha value is -1.24. The van der Waals surface area contributed by atoms with Gasteiger partial charge in [-0.1, -0.05) is 172 Å². The van der Waals surface area contributed by atoms with Gasteiger partial charge < -0.3 is 19.3 Å². The minimum Gasteiger partial charge on any atom is -0.457 e. The molecule has 0 saturated carbocycles. The first-order valence-corrected chi connectivity index (χ1v) is 21.8. The molecule has 0 aliphatic heterocycles. The van der Waals surface area contributed by atoms with Gasteiger partial charge in [0.15, 0.2) is 0 Å². The number of esters is 1. The number of hydrogen-bond donors (Lipinski definition) is 2. The number of carbonyl (C=O) groups is 1. The highest BCUT2D eigenvalue weighted by molar-refractivity contribution is 7.46. The molecule has 7 nitrogen and oxygen atoms in total. The zero-order valence-corrected chi connectivity index (χ0v) is 32.7. The molecule has 0 saturated heterocycles. The molecule has 0 aliphatic rings. The van der Waals surface area contributed by atoms with E-state index in [1.165, 1.54) is 116 Å². The second kappa shape index (κ2) is 38.0. The Morgan fingerprint density at radius 1 is 0.551 bits per heavy atom. The monoisotopic (exact) mass is 713 g/mol. The lowest BCUT2D eigenvalue weighted by atomic mass is 10.0. The van der Waals surface area contributed by atoms with Crippen molar-refractivity contribution in [2.24, 2.45) is 0 Å². The molecule has 0 aliphatic carbocycles. The van der Waals surface area contributed by atoms with Gasteiger partial charge in [0.05, 0.1) is 13.2 Å². The molecular formula is C41H77O7P. The van der Waals surface area contributed by atoms with E-state index in [1.807, 2.05) is 0 Å². The Bertz CT molecular complexity index is 836. The maximum absolute atomic E-state index is 12.4. The summed E-state index contributed by atoms with van der Waals surface area (Å²) in [4.78, 5) is 30.6. The normalized spacial score (nSPS) is 13.0. The number of carbonyl (C=O) groups excluding carboxylic acids is 1. The van der Waals surface area contributed by atoms with Crippen LogP contribution in [0.15, 0.2) is 36.5 Å². The Kier molecular flexibility index (Phi) is 37.0. The predicted molar refractivity (Wildman–Crippen MR) is 207 cm³/mol. The van der Waals surface area contributed by atoms with E-state index in [-0.39, 0.29) is 25.6 Å². The number of hydrogen-bond acceptors (Lipinski definition) is 5. The Morgan fingerprint density at radius 3 is 1.47 bits per heavy atom. The van der Waals surface area contributed by atoms with Gasteiger partial charge in [0.25, 0.3) is 0 Å². The number of allylic oxidation sites excluding steroid dienone is 6. The molecule has 0 rings (SSSR count).